The van der Waals surface area contributed by atoms with Crippen LogP contribution in [0, 0.1) is 0 Å². The maximum absolute atomic E-state index is 10.0. The van der Waals surface area contributed by atoms with Crippen LogP contribution >= 0.6 is 12.2 Å². The van der Waals surface area contributed by atoms with Gasteiger partial charge in [0.15, 0.2) is 5.11 Å². The summed E-state index contributed by atoms with van der Waals surface area (Å²) >= 11 is 4.63. The normalized spacial score (nSPS) is 30.2. The number of nitrogens with one attached hydrogen (secondary N) is 1. The van der Waals surface area contributed by atoms with E-state index in [0.717, 1.165) is 0 Å². The molecule has 0 aliphatic carbocycles. The van der Waals surface area contributed by atoms with Crippen LogP contribution in [-0.4, -0.2) is 69.1 Å². The molecule has 0 saturated carbocycles. The molecule has 1 aromatic carbocycles. The van der Waals surface area contributed by atoms with Gasteiger partial charge >= 0.3 is 0 Å². The third-order valence-corrected chi connectivity index (χ3v) is 3.48. The summed E-state index contributed by atoms with van der Waals surface area (Å²) in [5.74, 6) is 0.301. The molecule has 1 saturated heterocycles. The average molecular weight is 357 g/mol. The van der Waals surface area contributed by atoms with Crippen LogP contribution in [0.2, 0.25) is 0 Å². The molecular formula is C14H19N3O6S. The molecule has 0 bridgehead atoms. The van der Waals surface area contributed by atoms with Gasteiger partial charge in [-0.05, 0) is 24.4 Å². The average Bonchev–Trinajstić information content (AvgIpc) is 2.56. The van der Waals surface area contributed by atoms with E-state index in [9.17, 15) is 20.4 Å². The molecule has 0 radical (unpaired) electrons. The summed E-state index contributed by atoms with van der Waals surface area (Å²) in [6.45, 7) is -0.536. The molecule has 1 aliphatic rings. The van der Waals surface area contributed by atoms with E-state index in [1.54, 1.807) is 24.3 Å². The molecule has 0 aromatic heterocycles. The first-order valence-electron chi connectivity index (χ1n) is 7.08. The van der Waals surface area contributed by atoms with Crippen molar-refractivity contribution >= 4 is 23.5 Å². The second-order valence-corrected chi connectivity index (χ2v) is 5.53. The molecule has 0 unspecified atom stereocenters. The highest BCUT2D eigenvalue weighted by Gasteiger charge is 2.44. The Morgan fingerprint density at radius 1 is 1.29 bits per heavy atom. The summed E-state index contributed by atoms with van der Waals surface area (Å²) in [7, 11) is 0. The number of aliphatic hydroxyl groups is 4. The van der Waals surface area contributed by atoms with E-state index >= 15 is 0 Å². The van der Waals surface area contributed by atoms with Crippen molar-refractivity contribution in [2.75, 3.05) is 6.61 Å². The largest absolute Gasteiger partial charge is 0.461 e. The predicted molar refractivity (Wildman–Crippen MR) is 88.4 cm³/mol. The number of nitrogens with two attached hydrogens (primary N) is 1. The molecule has 1 fully saturated rings. The van der Waals surface area contributed by atoms with Gasteiger partial charge in [-0.2, -0.15) is 5.10 Å². The number of hydrogen-bond donors (Lipinski definition) is 6. The molecular weight excluding hydrogens is 338 g/mol. The molecule has 7 N–H and O–H groups in total. The smallest absolute Gasteiger partial charge is 0.229 e. The second-order valence-electron chi connectivity index (χ2n) is 5.09. The lowest BCUT2D eigenvalue weighted by Crippen LogP contribution is -2.60. The van der Waals surface area contributed by atoms with E-state index in [1.807, 2.05) is 0 Å². The highest BCUT2D eigenvalue weighted by Crippen LogP contribution is 2.25. The fourth-order valence-electron chi connectivity index (χ4n) is 2.15. The minimum absolute atomic E-state index is 0.00131. The molecule has 5 atom stereocenters. The number of nitrogens with zero attached hydrogens (tertiary/aromatic N) is 1. The van der Waals surface area contributed by atoms with Crippen LogP contribution in [0.5, 0.6) is 5.75 Å². The zero-order chi connectivity index (χ0) is 17.7. The lowest BCUT2D eigenvalue weighted by Gasteiger charge is -2.39. The van der Waals surface area contributed by atoms with E-state index in [-0.39, 0.29) is 5.11 Å². The van der Waals surface area contributed by atoms with Crippen molar-refractivity contribution in [3.05, 3.63) is 29.8 Å². The fourth-order valence-corrected chi connectivity index (χ4v) is 2.20. The highest BCUT2D eigenvalue weighted by atomic mass is 32.1. The monoisotopic (exact) mass is 357 g/mol. The van der Waals surface area contributed by atoms with Crippen LogP contribution in [0.3, 0.4) is 0 Å². The molecule has 24 heavy (non-hydrogen) atoms. The van der Waals surface area contributed by atoms with E-state index in [2.05, 4.69) is 22.7 Å². The van der Waals surface area contributed by atoms with E-state index in [0.29, 0.717) is 11.3 Å². The third-order valence-electron chi connectivity index (χ3n) is 3.39. The maximum Gasteiger partial charge on any atom is 0.229 e. The number of ether oxygens (including phenoxy) is 2. The Bertz CT molecular complexity index is 600. The predicted octanol–water partition coefficient (Wildman–Crippen LogP) is -1.97. The Hall–Kier alpha value is -1.82. The first-order valence-corrected chi connectivity index (χ1v) is 7.49. The fraction of sp³-hybridized carbons (Fsp3) is 0.429. The standard InChI is InChI=1S/C14H19N3O6S/c15-14(24)17-16-5-7-3-1-2-4-8(7)22-13-12(21)11(20)10(19)9(6-18)23-13/h1-5,9-13,18-21H,6H2,(H3,15,17,24)/b16-5+/t9-,10-,11+,12-,13-/m1/s1. The molecule has 9 nitrogen and oxygen atoms in total. The SMILES string of the molecule is NC(=S)N/N=C/c1ccccc1O[C@@H]1O[C@H](CO)[C@@H](O)[C@H](O)[C@H]1O. The summed E-state index contributed by atoms with van der Waals surface area (Å²) in [5, 5.41) is 42.5. The number of rotatable bonds is 5. The Morgan fingerprint density at radius 3 is 2.67 bits per heavy atom. The Kier molecular flexibility index (Phi) is 6.43. The molecule has 1 aromatic rings. The van der Waals surface area contributed by atoms with Crippen molar-refractivity contribution in [3.63, 3.8) is 0 Å². The number of hydrazone groups is 1. The molecule has 0 amide bonds. The van der Waals surface area contributed by atoms with Crippen molar-refractivity contribution in [2.45, 2.75) is 30.7 Å². The number of aliphatic hydroxyl groups excluding tert-OH is 4. The van der Waals surface area contributed by atoms with Crippen molar-refractivity contribution in [2.24, 2.45) is 10.8 Å². The molecule has 2 rings (SSSR count). The van der Waals surface area contributed by atoms with Crippen LogP contribution in [0.1, 0.15) is 5.56 Å². The van der Waals surface area contributed by atoms with E-state index < -0.39 is 37.3 Å². The summed E-state index contributed by atoms with van der Waals surface area (Å²) in [6, 6.07) is 6.72. The Labute approximate surface area is 143 Å². The minimum atomic E-state index is -1.52. The number of para-hydroxylation sites is 1. The first kappa shape index (κ1) is 18.5. The van der Waals surface area contributed by atoms with Crippen molar-refractivity contribution in [1.82, 2.24) is 5.43 Å². The van der Waals surface area contributed by atoms with Gasteiger partial charge in [0, 0.05) is 5.56 Å². The lowest BCUT2D eigenvalue weighted by molar-refractivity contribution is -0.277. The maximum atomic E-state index is 10.0. The van der Waals surface area contributed by atoms with E-state index in [4.69, 9.17) is 15.2 Å². The summed E-state index contributed by atoms with van der Waals surface area (Å²) < 4.78 is 10.9. The number of thiocarbonyl (C=S) groups is 1. The van der Waals surface area contributed by atoms with Gasteiger partial charge in [0.25, 0.3) is 0 Å². The summed E-state index contributed by atoms with van der Waals surface area (Å²) in [6.07, 6.45) is -5.39. The van der Waals surface area contributed by atoms with Gasteiger partial charge in [-0.1, -0.05) is 12.1 Å². The van der Waals surface area contributed by atoms with Gasteiger partial charge in [-0.25, -0.2) is 0 Å². The van der Waals surface area contributed by atoms with Crippen LogP contribution in [0.4, 0.5) is 0 Å². The van der Waals surface area contributed by atoms with Gasteiger partial charge in [0.05, 0.1) is 12.8 Å². The number of benzene rings is 1. The van der Waals surface area contributed by atoms with E-state index in [1.165, 1.54) is 6.21 Å². The van der Waals surface area contributed by atoms with Gasteiger partial charge < -0.3 is 35.6 Å². The highest BCUT2D eigenvalue weighted by molar-refractivity contribution is 7.80. The molecule has 132 valence electrons. The van der Waals surface area contributed by atoms with Crippen LogP contribution in [-0.2, 0) is 4.74 Å². The Balaban J connectivity index is 2.15. The molecule has 1 heterocycles. The summed E-state index contributed by atoms with van der Waals surface area (Å²) in [5.41, 5.74) is 8.19. The van der Waals surface area contributed by atoms with Crippen LogP contribution in [0.25, 0.3) is 0 Å². The topological polar surface area (TPSA) is 150 Å². The van der Waals surface area contributed by atoms with Gasteiger partial charge in [0.1, 0.15) is 30.2 Å². The zero-order valence-electron chi connectivity index (χ0n) is 12.5. The number of hydrogen-bond acceptors (Lipinski definition) is 8. The van der Waals surface area contributed by atoms with Crippen molar-refractivity contribution in [1.29, 1.82) is 0 Å². The van der Waals surface area contributed by atoms with Crippen LogP contribution in [0.15, 0.2) is 29.4 Å². The molecule has 0 spiro atoms. The van der Waals surface area contributed by atoms with Crippen molar-refractivity contribution < 1.29 is 29.9 Å². The van der Waals surface area contributed by atoms with Gasteiger partial charge in [-0.3, -0.25) is 5.43 Å². The Morgan fingerprint density at radius 2 is 2.00 bits per heavy atom. The molecule has 1 aliphatic heterocycles. The third kappa shape index (κ3) is 4.38. The summed E-state index contributed by atoms with van der Waals surface area (Å²) in [4.78, 5) is 0. The quantitative estimate of drug-likeness (QED) is 0.200. The molecule has 10 heteroatoms. The van der Waals surface area contributed by atoms with Gasteiger partial charge in [0.2, 0.25) is 6.29 Å². The second kappa shape index (κ2) is 8.33. The first-order chi connectivity index (χ1) is 11.4. The zero-order valence-corrected chi connectivity index (χ0v) is 13.3. The van der Waals surface area contributed by atoms with Crippen molar-refractivity contribution in [3.8, 4) is 5.75 Å². The van der Waals surface area contributed by atoms with Gasteiger partial charge in [-0.15, -0.1) is 0 Å². The lowest BCUT2D eigenvalue weighted by atomic mass is 9.99. The van der Waals surface area contributed by atoms with Crippen LogP contribution < -0.4 is 15.9 Å². The minimum Gasteiger partial charge on any atom is -0.461 e.